The van der Waals surface area contributed by atoms with Gasteiger partial charge in [-0.2, -0.15) is 5.10 Å². The maximum absolute atomic E-state index is 12.3. The highest BCUT2D eigenvalue weighted by Gasteiger charge is 2.14. The molecule has 11 nitrogen and oxygen atoms in total. The summed E-state index contributed by atoms with van der Waals surface area (Å²) in [6.07, 6.45) is 2.28. The van der Waals surface area contributed by atoms with Gasteiger partial charge in [-0.15, -0.1) is 0 Å². The third-order valence-electron chi connectivity index (χ3n) is 4.22. The van der Waals surface area contributed by atoms with Crippen LogP contribution in [-0.2, 0) is 11.3 Å². The number of anilines is 1. The van der Waals surface area contributed by atoms with Gasteiger partial charge in [0.25, 0.3) is 5.69 Å². The molecule has 1 heterocycles. The lowest BCUT2D eigenvalue weighted by Gasteiger charge is -2.11. The van der Waals surface area contributed by atoms with Crippen LogP contribution >= 0.6 is 0 Å². The van der Waals surface area contributed by atoms with Crippen molar-refractivity contribution in [3.8, 4) is 11.5 Å². The molecule has 160 valence electrons. The van der Waals surface area contributed by atoms with Gasteiger partial charge in [-0.05, 0) is 37.1 Å². The molecule has 1 aromatic heterocycles. The van der Waals surface area contributed by atoms with Gasteiger partial charge in [0.1, 0.15) is 23.9 Å². The molecule has 0 atom stereocenters. The monoisotopic (exact) mass is 425 g/mol. The van der Waals surface area contributed by atoms with E-state index in [9.17, 15) is 25.0 Å². The van der Waals surface area contributed by atoms with Crippen molar-refractivity contribution < 1.29 is 19.4 Å². The molecule has 0 aliphatic heterocycles. The van der Waals surface area contributed by atoms with Gasteiger partial charge in [0.05, 0.1) is 21.6 Å². The number of carbonyl (C=O) groups excluding carboxylic acids is 1. The molecule has 1 amide bonds. The molecule has 11 heteroatoms. The van der Waals surface area contributed by atoms with Crippen LogP contribution in [0.15, 0.2) is 48.8 Å². The van der Waals surface area contributed by atoms with Crippen LogP contribution in [-0.4, -0.2) is 25.5 Å². The van der Waals surface area contributed by atoms with E-state index in [0.717, 1.165) is 17.3 Å². The zero-order valence-electron chi connectivity index (χ0n) is 16.8. The molecule has 0 aliphatic carbocycles. The van der Waals surface area contributed by atoms with Crippen LogP contribution in [0.2, 0.25) is 0 Å². The molecule has 0 saturated heterocycles. The fourth-order valence-corrected chi connectivity index (χ4v) is 2.96. The van der Waals surface area contributed by atoms with Crippen LogP contribution in [0.25, 0.3) is 0 Å². The normalized spacial score (nSPS) is 10.5. The van der Waals surface area contributed by atoms with Gasteiger partial charge in [0.15, 0.2) is 0 Å². The van der Waals surface area contributed by atoms with Crippen LogP contribution in [0.4, 0.5) is 17.1 Å². The van der Waals surface area contributed by atoms with Crippen molar-refractivity contribution in [3.05, 3.63) is 80.1 Å². The third kappa shape index (κ3) is 5.85. The van der Waals surface area contributed by atoms with E-state index in [-0.39, 0.29) is 35.8 Å². The third-order valence-corrected chi connectivity index (χ3v) is 4.22. The maximum atomic E-state index is 12.3. The lowest BCUT2D eigenvalue weighted by molar-refractivity contribution is -0.385. The molecular formula is C20H19N5O6. The average Bonchev–Trinajstić information content (AvgIpc) is 3.15. The Bertz CT molecular complexity index is 1140. The molecule has 0 bridgehead atoms. The number of non-ortho nitro benzene ring substituents is 1. The van der Waals surface area contributed by atoms with E-state index in [1.165, 1.54) is 29.1 Å². The summed E-state index contributed by atoms with van der Waals surface area (Å²) in [4.78, 5) is 33.1. The first-order valence-corrected chi connectivity index (χ1v) is 9.22. The van der Waals surface area contributed by atoms with E-state index in [0.29, 0.717) is 5.75 Å². The van der Waals surface area contributed by atoms with E-state index in [1.807, 2.05) is 19.9 Å². The zero-order chi connectivity index (χ0) is 22.5. The Labute approximate surface area is 176 Å². The summed E-state index contributed by atoms with van der Waals surface area (Å²) < 4.78 is 7.05. The van der Waals surface area contributed by atoms with Crippen LogP contribution in [0.3, 0.4) is 0 Å². The van der Waals surface area contributed by atoms with Crippen molar-refractivity contribution in [1.29, 1.82) is 0 Å². The summed E-state index contributed by atoms with van der Waals surface area (Å²) in [5.41, 5.74) is 1.75. The lowest BCUT2D eigenvalue weighted by Crippen LogP contribution is -2.15. The number of hydrogen-bond donors (Lipinski definition) is 1. The SMILES string of the molecule is Cc1cc(C)cc(Oc2cc(NC(=O)CCn3cc([N+](=O)[O-])cn3)cc([N+](=O)[O-])c2)c1. The molecule has 0 saturated carbocycles. The molecule has 3 aromatic rings. The summed E-state index contributed by atoms with van der Waals surface area (Å²) in [7, 11) is 0. The number of aryl methyl sites for hydroxylation is 3. The summed E-state index contributed by atoms with van der Waals surface area (Å²) in [5.74, 6) is 0.295. The Hall–Kier alpha value is -4.28. The lowest BCUT2D eigenvalue weighted by atomic mass is 10.1. The van der Waals surface area contributed by atoms with Crippen molar-refractivity contribution >= 4 is 23.0 Å². The van der Waals surface area contributed by atoms with E-state index >= 15 is 0 Å². The summed E-state index contributed by atoms with van der Waals surface area (Å²) in [6.45, 7) is 3.93. The average molecular weight is 425 g/mol. The fourth-order valence-electron chi connectivity index (χ4n) is 2.96. The van der Waals surface area contributed by atoms with Gasteiger partial charge < -0.3 is 10.1 Å². The number of carbonyl (C=O) groups is 1. The Balaban J connectivity index is 1.72. The van der Waals surface area contributed by atoms with Gasteiger partial charge in [-0.1, -0.05) is 6.07 Å². The minimum Gasteiger partial charge on any atom is -0.457 e. The second-order valence-corrected chi connectivity index (χ2v) is 6.92. The first-order chi connectivity index (χ1) is 14.7. The second-order valence-electron chi connectivity index (χ2n) is 6.92. The molecule has 0 radical (unpaired) electrons. The van der Waals surface area contributed by atoms with Crippen LogP contribution in [0.5, 0.6) is 11.5 Å². The van der Waals surface area contributed by atoms with Crippen molar-refractivity contribution in [2.75, 3.05) is 5.32 Å². The summed E-state index contributed by atoms with van der Waals surface area (Å²) in [5, 5.41) is 28.4. The molecule has 3 rings (SSSR count). The number of amides is 1. The maximum Gasteiger partial charge on any atom is 0.306 e. The predicted molar refractivity (Wildman–Crippen MR) is 111 cm³/mol. The Kier molecular flexibility index (Phi) is 6.24. The van der Waals surface area contributed by atoms with Gasteiger partial charge in [0, 0.05) is 25.1 Å². The highest BCUT2D eigenvalue weighted by Crippen LogP contribution is 2.30. The topological polar surface area (TPSA) is 142 Å². The van der Waals surface area contributed by atoms with E-state index in [1.54, 1.807) is 12.1 Å². The Morgan fingerprint density at radius 3 is 2.26 bits per heavy atom. The van der Waals surface area contributed by atoms with Crippen molar-refractivity contribution in [2.45, 2.75) is 26.8 Å². The molecule has 0 aliphatic rings. The molecule has 0 fully saturated rings. The molecule has 1 N–H and O–H groups in total. The molecule has 0 spiro atoms. The zero-order valence-corrected chi connectivity index (χ0v) is 16.8. The van der Waals surface area contributed by atoms with E-state index < -0.39 is 15.8 Å². The molecule has 31 heavy (non-hydrogen) atoms. The number of benzene rings is 2. The molecule has 0 unspecified atom stereocenters. The Morgan fingerprint density at radius 2 is 1.65 bits per heavy atom. The quantitative estimate of drug-likeness (QED) is 0.422. The van der Waals surface area contributed by atoms with Crippen LogP contribution in [0, 0.1) is 34.1 Å². The van der Waals surface area contributed by atoms with Crippen molar-refractivity contribution in [2.24, 2.45) is 0 Å². The minimum atomic E-state index is -0.579. The number of aromatic nitrogens is 2. The van der Waals surface area contributed by atoms with Crippen molar-refractivity contribution in [1.82, 2.24) is 9.78 Å². The highest BCUT2D eigenvalue weighted by atomic mass is 16.6. The predicted octanol–water partition coefficient (Wildman–Crippen LogP) is 4.14. The number of nitro groups is 2. The van der Waals surface area contributed by atoms with Crippen molar-refractivity contribution in [3.63, 3.8) is 0 Å². The first kappa shape index (κ1) is 21.4. The first-order valence-electron chi connectivity index (χ1n) is 9.22. The number of nitrogens with zero attached hydrogens (tertiary/aromatic N) is 4. The second kappa shape index (κ2) is 9.03. The number of nitro benzene ring substituents is 1. The van der Waals surface area contributed by atoms with E-state index in [4.69, 9.17) is 4.74 Å². The number of nitrogens with one attached hydrogen (secondary N) is 1. The van der Waals surface area contributed by atoms with E-state index in [2.05, 4.69) is 10.4 Å². The fraction of sp³-hybridized carbons (Fsp3) is 0.200. The van der Waals surface area contributed by atoms with Gasteiger partial charge in [0.2, 0.25) is 5.91 Å². The number of rotatable bonds is 8. The molecule has 2 aromatic carbocycles. The standard InChI is InChI=1S/C20H19N5O6/c1-13-5-14(2)7-18(6-13)31-19-9-15(8-16(10-19)24(27)28)22-20(26)3-4-23-12-17(11-21-23)25(29)30/h5-12H,3-4H2,1-2H3,(H,22,26). The minimum absolute atomic E-state index is 0.0329. The smallest absolute Gasteiger partial charge is 0.306 e. The molecular weight excluding hydrogens is 406 g/mol. The van der Waals surface area contributed by atoms with Gasteiger partial charge in [-0.25, -0.2) is 0 Å². The van der Waals surface area contributed by atoms with Crippen LogP contribution < -0.4 is 10.1 Å². The largest absolute Gasteiger partial charge is 0.457 e. The Morgan fingerprint density at radius 1 is 1.00 bits per heavy atom. The highest BCUT2D eigenvalue weighted by molar-refractivity contribution is 5.91. The summed E-state index contributed by atoms with van der Waals surface area (Å²) in [6, 6.07) is 9.56. The number of ether oxygens (including phenoxy) is 1. The van der Waals surface area contributed by atoms with Gasteiger partial charge in [-0.3, -0.25) is 29.7 Å². The summed E-state index contributed by atoms with van der Waals surface area (Å²) >= 11 is 0. The van der Waals surface area contributed by atoms with Gasteiger partial charge >= 0.3 is 5.69 Å². The number of hydrogen-bond acceptors (Lipinski definition) is 7. The van der Waals surface area contributed by atoms with Crippen LogP contribution in [0.1, 0.15) is 17.5 Å².